The van der Waals surface area contributed by atoms with E-state index in [0.717, 1.165) is 24.2 Å². The average Bonchev–Trinajstić information content (AvgIpc) is 3.12. The van der Waals surface area contributed by atoms with Crippen molar-refractivity contribution in [2.24, 2.45) is 5.73 Å². The molecule has 3 rings (SSSR count). The number of hydrogen-bond acceptors (Lipinski definition) is 3. The quantitative estimate of drug-likeness (QED) is 0.903. The molecule has 1 saturated carbocycles. The molecule has 2 aromatic rings. The van der Waals surface area contributed by atoms with Crippen molar-refractivity contribution in [3.63, 3.8) is 0 Å². The largest absolute Gasteiger partial charge is 0.324 e. The zero-order valence-corrected chi connectivity index (χ0v) is 10.2. The van der Waals surface area contributed by atoms with Crippen LogP contribution in [0.2, 0.25) is 0 Å². The van der Waals surface area contributed by atoms with Crippen LogP contribution >= 0.6 is 0 Å². The number of nitrogens with zero attached hydrogens (tertiary/aromatic N) is 3. The summed E-state index contributed by atoms with van der Waals surface area (Å²) in [6, 6.07) is 5.41. The topological polar surface area (TPSA) is 56.7 Å². The van der Waals surface area contributed by atoms with E-state index in [-0.39, 0.29) is 5.82 Å². The third kappa shape index (κ3) is 1.80. The highest BCUT2D eigenvalue weighted by molar-refractivity contribution is 5.58. The minimum absolute atomic E-state index is 0.265. The van der Waals surface area contributed by atoms with E-state index in [9.17, 15) is 4.39 Å². The Balaban J connectivity index is 2.16. The average molecular weight is 246 g/mol. The molecule has 1 aliphatic carbocycles. The van der Waals surface area contributed by atoms with Gasteiger partial charge in [0.2, 0.25) is 0 Å². The van der Waals surface area contributed by atoms with Gasteiger partial charge >= 0.3 is 0 Å². The predicted molar refractivity (Wildman–Crippen MR) is 66.3 cm³/mol. The van der Waals surface area contributed by atoms with E-state index >= 15 is 0 Å². The van der Waals surface area contributed by atoms with Crippen LogP contribution in [0.15, 0.2) is 18.2 Å². The Bertz CT molecular complexity index is 587. The third-order valence-corrected chi connectivity index (χ3v) is 3.22. The molecule has 0 unspecified atom stereocenters. The number of aryl methyl sites for hydroxylation is 1. The molecule has 0 aliphatic heterocycles. The first-order chi connectivity index (χ1) is 8.70. The van der Waals surface area contributed by atoms with Crippen LogP contribution in [0.25, 0.3) is 11.4 Å². The van der Waals surface area contributed by atoms with Gasteiger partial charge in [-0.25, -0.2) is 4.39 Å². The van der Waals surface area contributed by atoms with Crippen LogP contribution in [0.1, 0.15) is 30.3 Å². The van der Waals surface area contributed by atoms with Gasteiger partial charge in [-0.1, -0.05) is 11.6 Å². The van der Waals surface area contributed by atoms with E-state index in [1.165, 1.54) is 6.07 Å². The van der Waals surface area contributed by atoms with Crippen molar-refractivity contribution < 1.29 is 4.39 Å². The molecule has 4 nitrogen and oxygen atoms in total. The van der Waals surface area contributed by atoms with Gasteiger partial charge in [0.05, 0.1) is 12.1 Å². The Labute approximate surface area is 105 Å². The lowest BCUT2D eigenvalue weighted by atomic mass is 10.1. The first kappa shape index (κ1) is 11.3. The van der Waals surface area contributed by atoms with E-state index in [1.54, 1.807) is 12.1 Å². The van der Waals surface area contributed by atoms with Gasteiger partial charge in [-0.05, 0) is 31.9 Å². The van der Waals surface area contributed by atoms with Crippen molar-refractivity contribution in [2.75, 3.05) is 0 Å². The number of halogens is 1. The number of benzene rings is 1. The Morgan fingerprint density at radius 1 is 1.39 bits per heavy atom. The molecular formula is C13H15FN4. The van der Waals surface area contributed by atoms with Crippen LogP contribution < -0.4 is 5.73 Å². The molecule has 0 radical (unpaired) electrons. The lowest BCUT2D eigenvalue weighted by molar-refractivity contribution is 0.624. The molecule has 1 heterocycles. The van der Waals surface area contributed by atoms with Gasteiger partial charge in [-0.15, -0.1) is 10.2 Å². The normalized spacial score (nSPS) is 15.1. The van der Waals surface area contributed by atoms with Crippen LogP contribution in [-0.2, 0) is 6.54 Å². The summed E-state index contributed by atoms with van der Waals surface area (Å²) in [5.74, 6) is 1.06. The fraction of sp³-hybridized carbons (Fsp3) is 0.385. The van der Waals surface area contributed by atoms with Gasteiger partial charge in [-0.2, -0.15) is 0 Å². The summed E-state index contributed by atoms with van der Waals surface area (Å²) in [6.07, 6.45) is 2.18. The predicted octanol–water partition coefficient (Wildman–Crippen LogP) is 2.19. The molecule has 0 atom stereocenters. The van der Waals surface area contributed by atoms with Gasteiger partial charge in [-0.3, -0.25) is 0 Å². The van der Waals surface area contributed by atoms with Crippen molar-refractivity contribution >= 4 is 0 Å². The van der Waals surface area contributed by atoms with Crippen LogP contribution in [-0.4, -0.2) is 14.8 Å². The SMILES string of the molecule is Cc1ccc(F)c(-c2nnc(CN)n2C2CC2)c1. The monoisotopic (exact) mass is 246 g/mol. The summed E-state index contributed by atoms with van der Waals surface area (Å²) >= 11 is 0. The number of hydrogen-bond donors (Lipinski definition) is 1. The number of aromatic nitrogens is 3. The summed E-state index contributed by atoms with van der Waals surface area (Å²) in [6.45, 7) is 2.27. The molecule has 1 aromatic heterocycles. The molecule has 2 N–H and O–H groups in total. The third-order valence-electron chi connectivity index (χ3n) is 3.22. The second-order valence-electron chi connectivity index (χ2n) is 4.73. The molecule has 0 amide bonds. The molecule has 5 heteroatoms. The van der Waals surface area contributed by atoms with Crippen molar-refractivity contribution in [3.8, 4) is 11.4 Å². The van der Waals surface area contributed by atoms with Crippen LogP contribution in [0.4, 0.5) is 4.39 Å². The Kier molecular flexibility index (Phi) is 2.63. The first-order valence-corrected chi connectivity index (χ1v) is 6.11. The molecule has 1 aromatic carbocycles. The van der Waals surface area contributed by atoms with Crippen molar-refractivity contribution in [3.05, 3.63) is 35.4 Å². The number of rotatable bonds is 3. The van der Waals surface area contributed by atoms with Crippen LogP contribution in [0, 0.1) is 12.7 Å². The van der Waals surface area contributed by atoms with Crippen molar-refractivity contribution in [1.82, 2.24) is 14.8 Å². The summed E-state index contributed by atoms with van der Waals surface area (Å²) in [5.41, 5.74) is 7.17. The fourth-order valence-electron chi connectivity index (χ4n) is 2.17. The zero-order chi connectivity index (χ0) is 12.7. The summed E-state index contributed by atoms with van der Waals surface area (Å²) in [7, 11) is 0. The maximum atomic E-state index is 13.9. The minimum atomic E-state index is -0.265. The van der Waals surface area contributed by atoms with E-state index in [0.29, 0.717) is 24.0 Å². The summed E-state index contributed by atoms with van der Waals surface area (Å²) in [4.78, 5) is 0. The van der Waals surface area contributed by atoms with E-state index in [2.05, 4.69) is 10.2 Å². The lowest BCUT2D eigenvalue weighted by Gasteiger charge is -2.09. The molecule has 1 aliphatic rings. The Morgan fingerprint density at radius 2 is 2.17 bits per heavy atom. The van der Waals surface area contributed by atoms with E-state index in [1.807, 2.05) is 11.5 Å². The van der Waals surface area contributed by atoms with Gasteiger partial charge in [0.25, 0.3) is 0 Å². The highest BCUT2D eigenvalue weighted by Crippen LogP contribution is 2.39. The van der Waals surface area contributed by atoms with Crippen molar-refractivity contribution in [2.45, 2.75) is 32.4 Å². The summed E-state index contributed by atoms with van der Waals surface area (Å²) < 4.78 is 15.9. The van der Waals surface area contributed by atoms with Gasteiger partial charge in [0.1, 0.15) is 11.6 Å². The smallest absolute Gasteiger partial charge is 0.167 e. The number of nitrogens with two attached hydrogens (primary N) is 1. The molecule has 0 bridgehead atoms. The molecule has 94 valence electrons. The molecule has 0 saturated heterocycles. The highest BCUT2D eigenvalue weighted by atomic mass is 19.1. The standard InChI is InChI=1S/C13H15FN4/c1-8-2-5-11(14)10(6-8)13-17-16-12(7-15)18(13)9-3-4-9/h2,5-6,9H,3-4,7,15H2,1H3. The van der Waals surface area contributed by atoms with E-state index in [4.69, 9.17) is 5.73 Å². The molecule has 1 fully saturated rings. The molecular weight excluding hydrogens is 231 g/mol. The molecule has 0 spiro atoms. The minimum Gasteiger partial charge on any atom is -0.324 e. The van der Waals surface area contributed by atoms with Gasteiger partial charge in [0.15, 0.2) is 5.82 Å². The zero-order valence-electron chi connectivity index (χ0n) is 10.2. The van der Waals surface area contributed by atoms with Crippen LogP contribution in [0.5, 0.6) is 0 Å². The van der Waals surface area contributed by atoms with Crippen LogP contribution in [0.3, 0.4) is 0 Å². The maximum absolute atomic E-state index is 13.9. The summed E-state index contributed by atoms with van der Waals surface area (Å²) in [5, 5.41) is 8.18. The van der Waals surface area contributed by atoms with Gasteiger partial charge < -0.3 is 10.3 Å². The van der Waals surface area contributed by atoms with Crippen molar-refractivity contribution in [1.29, 1.82) is 0 Å². The molecule has 18 heavy (non-hydrogen) atoms. The lowest BCUT2D eigenvalue weighted by Crippen LogP contribution is -2.08. The van der Waals surface area contributed by atoms with E-state index < -0.39 is 0 Å². The van der Waals surface area contributed by atoms with Gasteiger partial charge in [0, 0.05) is 6.04 Å². The second kappa shape index (κ2) is 4.17. The second-order valence-corrected chi connectivity index (χ2v) is 4.73. The Morgan fingerprint density at radius 3 is 2.83 bits per heavy atom. The Hall–Kier alpha value is -1.75. The fourth-order valence-corrected chi connectivity index (χ4v) is 2.17. The highest BCUT2D eigenvalue weighted by Gasteiger charge is 2.30. The maximum Gasteiger partial charge on any atom is 0.167 e. The first-order valence-electron chi connectivity index (χ1n) is 6.11.